The van der Waals surface area contributed by atoms with Gasteiger partial charge in [-0.1, -0.05) is 19.1 Å². The third kappa shape index (κ3) is 1.29. The predicted molar refractivity (Wildman–Crippen MR) is 49.5 cm³/mol. The molecule has 1 fully saturated rings. The first kappa shape index (κ1) is 9.19. The quantitative estimate of drug-likeness (QED) is 0.783. The standard InChI is InChI=1S/C11H11FO2/c1-11(6-9(11)10(13)14)7-2-4-8(12)5-3-7/h2-5,9H,6H2,1H3,(H,13,14)/t9-,11+/m0/s1. The molecule has 1 aliphatic rings. The number of carbonyl (C=O) groups is 1. The van der Waals surface area contributed by atoms with Crippen molar-refractivity contribution in [2.24, 2.45) is 5.92 Å². The van der Waals surface area contributed by atoms with E-state index in [1.54, 1.807) is 12.1 Å². The van der Waals surface area contributed by atoms with Gasteiger partial charge in [0, 0.05) is 5.41 Å². The molecule has 0 aliphatic heterocycles. The second-order valence-corrected chi connectivity index (χ2v) is 4.02. The number of hydrogen-bond donors (Lipinski definition) is 1. The zero-order valence-electron chi connectivity index (χ0n) is 7.83. The van der Waals surface area contributed by atoms with Gasteiger partial charge in [0.2, 0.25) is 0 Å². The summed E-state index contributed by atoms with van der Waals surface area (Å²) in [5, 5.41) is 8.83. The number of hydrogen-bond acceptors (Lipinski definition) is 1. The van der Waals surface area contributed by atoms with Gasteiger partial charge < -0.3 is 5.11 Å². The van der Waals surface area contributed by atoms with Gasteiger partial charge in [0.15, 0.2) is 0 Å². The van der Waals surface area contributed by atoms with Crippen LogP contribution in [0.4, 0.5) is 4.39 Å². The van der Waals surface area contributed by atoms with E-state index in [0.29, 0.717) is 6.42 Å². The highest BCUT2D eigenvalue weighted by molar-refractivity contribution is 5.77. The summed E-state index contributed by atoms with van der Waals surface area (Å²) >= 11 is 0. The molecule has 1 aromatic carbocycles. The van der Waals surface area contributed by atoms with Crippen LogP contribution in [0, 0.1) is 11.7 Å². The highest BCUT2D eigenvalue weighted by atomic mass is 19.1. The smallest absolute Gasteiger partial charge is 0.307 e. The van der Waals surface area contributed by atoms with Gasteiger partial charge >= 0.3 is 5.97 Å². The third-order valence-electron chi connectivity index (χ3n) is 3.04. The van der Waals surface area contributed by atoms with Gasteiger partial charge in [-0.3, -0.25) is 4.79 Å². The van der Waals surface area contributed by atoms with Crippen LogP contribution in [-0.2, 0) is 10.2 Å². The summed E-state index contributed by atoms with van der Waals surface area (Å²) < 4.78 is 12.6. The maximum Gasteiger partial charge on any atom is 0.307 e. The summed E-state index contributed by atoms with van der Waals surface area (Å²) in [5.74, 6) is -1.37. The average Bonchev–Trinajstić information content (AvgIpc) is 2.80. The summed E-state index contributed by atoms with van der Waals surface area (Å²) in [6.45, 7) is 1.90. The fraction of sp³-hybridized carbons (Fsp3) is 0.364. The molecule has 0 bridgehead atoms. The van der Waals surface area contributed by atoms with Gasteiger partial charge in [-0.15, -0.1) is 0 Å². The lowest BCUT2D eigenvalue weighted by Gasteiger charge is -2.09. The van der Waals surface area contributed by atoms with Crippen LogP contribution in [0.1, 0.15) is 18.9 Å². The van der Waals surface area contributed by atoms with E-state index in [1.165, 1.54) is 12.1 Å². The molecule has 2 atom stereocenters. The Labute approximate surface area is 81.4 Å². The van der Waals surface area contributed by atoms with Crippen molar-refractivity contribution in [2.75, 3.05) is 0 Å². The van der Waals surface area contributed by atoms with Crippen molar-refractivity contribution in [3.63, 3.8) is 0 Å². The Morgan fingerprint density at radius 3 is 2.50 bits per heavy atom. The Morgan fingerprint density at radius 1 is 1.50 bits per heavy atom. The molecular formula is C11H11FO2. The molecule has 0 heterocycles. The molecule has 0 aromatic heterocycles. The van der Waals surface area contributed by atoms with E-state index < -0.39 is 5.97 Å². The van der Waals surface area contributed by atoms with Crippen molar-refractivity contribution >= 4 is 5.97 Å². The first-order valence-electron chi connectivity index (χ1n) is 4.53. The fourth-order valence-corrected chi connectivity index (χ4v) is 1.87. The maximum atomic E-state index is 12.6. The summed E-state index contributed by atoms with van der Waals surface area (Å²) in [4.78, 5) is 10.7. The minimum absolute atomic E-state index is 0.287. The molecule has 2 nitrogen and oxygen atoms in total. The molecule has 14 heavy (non-hydrogen) atoms. The number of halogens is 1. The van der Waals surface area contributed by atoms with E-state index >= 15 is 0 Å². The second kappa shape index (κ2) is 2.80. The van der Waals surface area contributed by atoms with E-state index in [0.717, 1.165) is 5.56 Å². The predicted octanol–water partition coefficient (Wildman–Crippen LogP) is 2.19. The minimum atomic E-state index is -0.767. The monoisotopic (exact) mass is 194 g/mol. The van der Waals surface area contributed by atoms with Crippen LogP contribution in [0.3, 0.4) is 0 Å². The molecule has 1 saturated carbocycles. The molecule has 1 aromatic rings. The number of benzene rings is 1. The normalized spacial score (nSPS) is 30.0. The number of carboxylic acids is 1. The number of rotatable bonds is 2. The molecule has 3 heteroatoms. The van der Waals surface area contributed by atoms with Gasteiger partial charge in [-0.2, -0.15) is 0 Å². The zero-order valence-corrected chi connectivity index (χ0v) is 7.83. The van der Waals surface area contributed by atoms with Crippen LogP contribution < -0.4 is 0 Å². The first-order valence-corrected chi connectivity index (χ1v) is 4.53. The zero-order chi connectivity index (χ0) is 10.3. The van der Waals surface area contributed by atoms with Gasteiger partial charge in [0.05, 0.1) is 5.92 Å². The van der Waals surface area contributed by atoms with Crippen molar-refractivity contribution in [3.05, 3.63) is 35.6 Å². The van der Waals surface area contributed by atoms with Gasteiger partial charge in [-0.25, -0.2) is 4.39 Å². The molecule has 0 spiro atoms. The molecule has 0 radical (unpaired) electrons. The van der Waals surface area contributed by atoms with Crippen LogP contribution in [0.5, 0.6) is 0 Å². The van der Waals surface area contributed by atoms with Crippen molar-refractivity contribution in [3.8, 4) is 0 Å². The highest BCUT2D eigenvalue weighted by Crippen LogP contribution is 2.53. The Kier molecular flexibility index (Phi) is 1.84. The highest BCUT2D eigenvalue weighted by Gasteiger charge is 2.55. The van der Waals surface area contributed by atoms with Crippen molar-refractivity contribution in [1.82, 2.24) is 0 Å². The van der Waals surface area contributed by atoms with Crippen LogP contribution in [0.2, 0.25) is 0 Å². The Morgan fingerprint density at radius 2 is 2.07 bits per heavy atom. The van der Waals surface area contributed by atoms with Gasteiger partial charge in [0.1, 0.15) is 5.82 Å². The number of aliphatic carboxylic acids is 1. The summed E-state index contributed by atoms with van der Waals surface area (Å²) in [5.41, 5.74) is 0.616. The topological polar surface area (TPSA) is 37.3 Å². The first-order chi connectivity index (χ1) is 6.54. The molecule has 0 unspecified atom stereocenters. The molecule has 1 aliphatic carbocycles. The minimum Gasteiger partial charge on any atom is -0.481 e. The van der Waals surface area contributed by atoms with E-state index in [9.17, 15) is 9.18 Å². The van der Waals surface area contributed by atoms with Crippen molar-refractivity contribution in [2.45, 2.75) is 18.8 Å². The molecular weight excluding hydrogens is 183 g/mol. The fourth-order valence-electron chi connectivity index (χ4n) is 1.87. The largest absolute Gasteiger partial charge is 0.481 e. The van der Waals surface area contributed by atoms with E-state index in [1.807, 2.05) is 6.92 Å². The van der Waals surface area contributed by atoms with Crippen LogP contribution in [0.15, 0.2) is 24.3 Å². The number of carboxylic acid groups (broad SMARTS) is 1. The summed E-state index contributed by atoms with van der Waals surface area (Å²) in [7, 11) is 0. The van der Waals surface area contributed by atoms with Crippen LogP contribution >= 0.6 is 0 Å². The molecule has 0 amide bonds. The molecule has 0 saturated heterocycles. The third-order valence-corrected chi connectivity index (χ3v) is 3.04. The van der Waals surface area contributed by atoms with Crippen LogP contribution in [0.25, 0.3) is 0 Å². The van der Waals surface area contributed by atoms with Gasteiger partial charge in [-0.05, 0) is 24.1 Å². The lowest BCUT2D eigenvalue weighted by atomic mass is 9.95. The second-order valence-electron chi connectivity index (χ2n) is 4.02. The van der Waals surface area contributed by atoms with Crippen molar-refractivity contribution < 1.29 is 14.3 Å². The molecule has 2 rings (SSSR count). The SMILES string of the molecule is C[C@]1(c2ccc(F)cc2)C[C@H]1C(=O)O. The lowest BCUT2D eigenvalue weighted by molar-refractivity contribution is -0.138. The van der Waals surface area contributed by atoms with E-state index in [2.05, 4.69) is 0 Å². The van der Waals surface area contributed by atoms with Gasteiger partial charge in [0.25, 0.3) is 0 Å². The van der Waals surface area contributed by atoms with E-state index in [4.69, 9.17) is 5.11 Å². The van der Waals surface area contributed by atoms with E-state index in [-0.39, 0.29) is 17.2 Å². The van der Waals surface area contributed by atoms with Crippen molar-refractivity contribution in [1.29, 1.82) is 0 Å². The Bertz CT molecular complexity index is 371. The Balaban J connectivity index is 2.25. The van der Waals surface area contributed by atoms with Crippen LogP contribution in [-0.4, -0.2) is 11.1 Å². The maximum absolute atomic E-state index is 12.6. The molecule has 1 N–H and O–H groups in total. The summed E-state index contributed by atoms with van der Waals surface area (Å²) in [6.07, 6.45) is 0.647. The summed E-state index contributed by atoms with van der Waals surface area (Å²) in [6, 6.07) is 6.08. The lowest BCUT2D eigenvalue weighted by Crippen LogP contribution is -2.10. The molecule has 74 valence electrons. The Hall–Kier alpha value is -1.38. The average molecular weight is 194 g/mol.